The highest BCUT2D eigenvalue weighted by molar-refractivity contribution is 5.86. The van der Waals surface area contributed by atoms with Crippen molar-refractivity contribution in [1.82, 2.24) is 15.1 Å². The molecule has 1 aromatic heterocycles. The van der Waals surface area contributed by atoms with Gasteiger partial charge in [-0.2, -0.15) is 0 Å². The van der Waals surface area contributed by atoms with E-state index in [1.807, 2.05) is 6.07 Å². The van der Waals surface area contributed by atoms with Crippen LogP contribution in [-0.2, 0) is 4.74 Å². The number of hydrogen-bond acceptors (Lipinski definition) is 6. The molecule has 2 heterocycles. The van der Waals surface area contributed by atoms with E-state index in [0.29, 0.717) is 0 Å². The highest BCUT2D eigenvalue weighted by atomic mass is 16.5. The molecule has 0 spiro atoms. The van der Waals surface area contributed by atoms with Gasteiger partial charge in [-0.1, -0.05) is 6.42 Å². The molecule has 3 unspecified atom stereocenters. The quantitative estimate of drug-likeness (QED) is 0.789. The van der Waals surface area contributed by atoms with Crippen molar-refractivity contribution >= 4 is 11.8 Å². The number of ether oxygens (including phenoxy) is 1. The first kappa shape index (κ1) is 14.9. The summed E-state index contributed by atoms with van der Waals surface area (Å²) in [4.78, 5) is 16.4. The van der Waals surface area contributed by atoms with Crippen molar-refractivity contribution in [3.63, 3.8) is 0 Å². The van der Waals surface area contributed by atoms with Gasteiger partial charge in [-0.3, -0.25) is 4.90 Å². The largest absolute Gasteiger partial charge is 0.464 e. The van der Waals surface area contributed by atoms with E-state index >= 15 is 0 Å². The van der Waals surface area contributed by atoms with Crippen molar-refractivity contribution in [3.05, 3.63) is 17.8 Å². The topological polar surface area (TPSA) is 58.6 Å². The molecule has 0 amide bonds. The first-order chi connectivity index (χ1) is 11.2. The molecule has 6 nitrogen and oxygen atoms in total. The SMILES string of the molecule is COC(=O)c1ccc(N2CCN(C3CC4CCC3C4)CC2)nn1. The molecule has 124 valence electrons. The van der Waals surface area contributed by atoms with Gasteiger partial charge in [-0.25, -0.2) is 4.79 Å². The van der Waals surface area contributed by atoms with Crippen molar-refractivity contribution in [2.45, 2.75) is 31.7 Å². The number of hydrogen-bond donors (Lipinski definition) is 0. The summed E-state index contributed by atoms with van der Waals surface area (Å²) in [5.41, 5.74) is 0.261. The molecule has 1 aromatic rings. The van der Waals surface area contributed by atoms with Crippen LogP contribution in [0, 0.1) is 11.8 Å². The highest BCUT2D eigenvalue weighted by Crippen LogP contribution is 2.46. The molecular weight excluding hydrogens is 292 g/mol. The maximum absolute atomic E-state index is 11.4. The van der Waals surface area contributed by atoms with Crippen LogP contribution in [0.15, 0.2) is 12.1 Å². The van der Waals surface area contributed by atoms with Crippen LogP contribution in [0.2, 0.25) is 0 Å². The van der Waals surface area contributed by atoms with Gasteiger partial charge in [-0.05, 0) is 43.2 Å². The molecule has 6 heteroatoms. The third-order valence-electron chi connectivity index (χ3n) is 5.85. The molecular formula is C17H24N4O2. The first-order valence-corrected chi connectivity index (χ1v) is 8.65. The smallest absolute Gasteiger partial charge is 0.358 e. The van der Waals surface area contributed by atoms with Gasteiger partial charge in [0.15, 0.2) is 11.5 Å². The third-order valence-corrected chi connectivity index (χ3v) is 5.85. The van der Waals surface area contributed by atoms with Gasteiger partial charge in [0.05, 0.1) is 7.11 Å². The predicted octanol–water partition coefficient (Wildman–Crippen LogP) is 1.57. The van der Waals surface area contributed by atoms with Crippen LogP contribution in [0.4, 0.5) is 5.82 Å². The number of carbonyl (C=O) groups excluding carboxylic acids is 1. The second kappa shape index (κ2) is 6.07. The maximum Gasteiger partial charge on any atom is 0.358 e. The zero-order chi connectivity index (χ0) is 15.8. The Morgan fingerprint density at radius 3 is 2.52 bits per heavy atom. The molecule has 3 fully saturated rings. The van der Waals surface area contributed by atoms with E-state index in [-0.39, 0.29) is 5.69 Å². The molecule has 2 saturated carbocycles. The molecule has 1 aliphatic heterocycles. The molecule has 0 N–H and O–H groups in total. The zero-order valence-corrected chi connectivity index (χ0v) is 13.6. The van der Waals surface area contributed by atoms with Crippen LogP contribution >= 0.6 is 0 Å². The van der Waals surface area contributed by atoms with Crippen molar-refractivity contribution in [2.75, 3.05) is 38.2 Å². The Hall–Kier alpha value is -1.69. The lowest BCUT2D eigenvalue weighted by Gasteiger charge is -2.41. The Bertz CT molecular complexity index is 568. The standard InChI is InChI=1S/C17H24N4O2/c1-23-17(22)14-4-5-16(19-18-14)21-8-6-20(7-9-21)15-11-12-2-3-13(15)10-12/h4-5,12-13,15H,2-3,6-11H2,1H3. The summed E-state index contributed by atoms with van der Waals surface area (Å²) in [6.07, 6.45) is 5.78. The van der Waals surface area contributed by atoms with Crippen molar-refractivity contribution in [2.24, 2.45) is 11.8 Å². The van der Waals surface area contributed by atoms with Gasteiger partial charge < -0.3 is 9.64 Å². The number of piperazine rings is 1. The lowest BCUT2D eigenvalue weighted by atomic mass is 9.93. The minimum atomic E-state index is -0.440. The molecule has 3 aliphatic rings. The molecule has 1 saturated heterocycles. The van der Waals surface area contributed by atoms with E-state index < -0.39 is 5.97 Å². The van der Waals surface area contributed by atoms with Crippen LogP contribution in [0.1, 0.15) is 36.2 Å². The molecule has 2 aliphatic carbocycles. The van der Waals surface area contributed by atoms with E-state index in [9.17, 15) is 4.79 Å². The van der Waals surface area contributed by atoms with E-state index in [1.165, 1.54) is 32.8 Å². The Kier molecular flexibility index (Phi) is 3.93. The summed E-state index contributed by atoms with van der Waals surface area (Å²) in [6.45, 7) is 4.18. The van der Waals surface area contributed by atoms with E-state index in [1.54, 1.807) is 6.07 Å². The van der Waals surface area contributed by atoms with Gasteiger partial charge in [-0.15, -0.1) is 10.2 Å². The van der Waals surface area contributed by atoms with E-state index in [0.717, 1.165) is 49.9 Å². The maximum atomic E-state index is 11.4. The lowest BCUT2D eigenvalue weighted by molar-refractivity contribution is 0.0592. The number of nitrogens with zero attached hydrogens (tertiary/aromatic N) is 4. The number of anilines is 1. The van der Waals surface area contributed by atoms with Crippen LogP contribution in [0.3, 0.4) is 0 Å². The second-order valence-electron chi connectivity index (χ2n) is 7.03. The molecule has 0 radical (unpaired) electrons. The fraction of sp³-hybridized carbons (Fsp3) is 0.706. The van der Waals surface area contributed by atoms with Crippen molar-refractivity contribution in [1.29, 1.82) is 0 Å². The fourth-order valence-corrected chi connectivity index (χ4v) is 4.65. The van der Waals surface area contributed by atoms with Gasteiger partial charge in [0.25, 0.3) is 0 Å². The van der Waals surface area contributed by atoms with Crippen LogP contribution < -0.4 is 4.90 Å². The van der Waals surface area contributed by atoms with Crippen molar-refractivity contribution in [3.8, 4) is 0 Å². The summed E-state index contributed by atoms with van der Waals surface area (Å²) >= 11 is 0. The van der Waals surface area contributed by atoms with Crippen LogP contribution in [0.25, 0.3) is 0 Å². The molecule has 4 rings (SSSR count). The number of fused-ring (bicyclic) bond motifs is 2. The normalized spacial score (nSPS) is 30.7. The average Bonchev–Trinajstić information content (AvgIpc) is 3.25. The Labute approximate surface area is 136 Å². The van der Waals surface area contributed by atoms with Gasteiger partial charge in [0.1, 0.15) is 0 Å². The number of rotatable bonds is 3. The summed E-state index contributed by atoms with van der Waals surface area (Å²) in [7, 11) is 1.35. The predicted molar refractivity (Wildman–Crippen MR) is 86.4 cm³/mol. The Balaban J connectivity index is 1.35. The van der Waals surface area contributed by atoms with E-state index in [2.05, 4.69) is 24.7 Å². The number of carbonyl (C=O) groups is 1. The van der Waals surface area contributed by atoms with Gasteiger partial charge in [0.2, 0.25) is 0 Å². The summed E-state index contributed by atoms with van der Waals surface area (Å²) in [5, 5.41) is 8.16. The Morgan fingerprint density at radius 2 is 1.96 bits per heavy atom. The molecule has 3 atom stereocenters. The molecule has 2 bridgehead atoms. The summed E-state index contributed by atoms with van der Waals surface area (Å²) in [5.74, 6) is 2.36. The fourth-order valence-electron chi connectivity index (χ4n) is 4.65. The van der Waals surface area contributed by atoms with E-state index in [4.69, 9.17) is 0 Å². The Morgan fingerprint density at radius 1 is 1.13 bits per heavy atom. The number of esters is 1. The minimum Gasteiger partial charge on any atom is -0.464 e. The lowest BCUT2D eigenvalue weighted by Crippen LogP contribution is -2.52. The average molecular weight is 316 g/mol. The second-order valence-corrected chi connectivity index (χ2v) is 7.03. The highest BCUT2D eigenvalue weighted by Gasteiger charge is 2.42. The first-order valence-electron chi connectivity index (χ1n) is 8.65. The number of methoxy groups -OCH3 is 1. The van der Waals surface area contributed by atoms with Gasteiger partial charge >= 0.3 is 5.97 Å². The summed E-state index contributed by atoms with van der Waals surface area (Å²) in [6, 6.07) is 4.38. The zero-order valence-electron chi connectivity index (χ0n) is 13.6. The summed E-state index contributed by atoms with van der Waals surface area (Å²) < 4.78 is 4.66. The third kappa shape index (κ3) is 2.80. The van der Waals surface area contributed by atoms with Crippen LogP contribution in [0.5, 0.6) is 0 Å². The van der Waals surface area contributed by atoms with Gasteiger partial charge in [0, 0.05) is 32.2 Å². The minimum absolute atomic E-state index is 0.261. The number of aromatic nitrogens is 2. The monoisotopic (exact) mass is 316 g/mol. The van der Waals surface area contributed by atoms with Crippen LogP contribution in [-0.4, -0.2) is 60.4 Å². The van der Waals surface area contributed by atoms with Crippen molar-refractivity contribution < 1.29 is 9.53 Å². The molecule has 23 heavy (non-hydrogen) atoms. The molecule has 0 aromatic carbocycles.